The Hall–Kier alpha value is -0.830. The minimum absolute atomic E-state index is 0.127. The van der Waals surface area contributed by atoms with Gasteiger partial charge in [-0.05, 0) is 24.8 Å². The lowest BCUT2D eigenvalue weighted by molar-refractivity contribution is 0.101. The van der Waals surface area contributed by atoms with Crippen LogP contribution in [0.4, 0.5) is 4.39 Å². The van der Waals surface area contributed by atoms with Crippen molar-refractivity contribution in [3.8, 4) is 0 Å². The number of halogens is 1. The summed E-state index contributed by atoms with van der Waals surface area (Å²) in [5.41, 5.74) is 1.13. The Bertz CT molecular complexity index is 336. The van der Waals surface area contributed by atoms with E-state index in [1.165, 1.54) is 17.8 Å². The molecular weight excluding hydrogens is 199 g/mol. The predicted octanol–water partition coefficient (Wildman–Crippen LogP) is 3.07. The molecule has 0 N–H and O–H groups in total. The SMILES string of the molecule is CCSCC(=O)c1cc(C)ccc1F. The number of carbonyl (C=O) groups is 1. The van der Waals surface area contributed by atoms with Gasteiger partial charge in [0.25, 0.3) is 0 Å². The van der Waals surface area contributed by atoms with Crippen LogP contribution in [0.1, 0.15) is 22.8 Å². The highest BCUT2D eigenvalue weighted by atomic mass is 32.2. The van der Waals surface area contributed by atoms with E-state index in [1.54, 1.807) is 12.1 Å². The van der Waals surface area contributed by atoms with Gasteiger partial charge in [-0.2, -0.15) is 11.8 Å². The quantitative estimate of drug-likeness (QED) is 0.713. The second-order valence-electron chi connectivity index (χ2n) is 3.04. The Kier molecular flexibility index (Phi) is 4.14. The fourth-order valence-corrected chi connectivity index (χ4v) is 1.67. The van der Waals surface area contributed by atoms with Gasteiger partial charge in [0.2, 0.25) is 0 Å². The first-order valence-corrected chi connectivity index (χ1v) is 5.67. The zero-order valence-electron chi connectivity index (χ0n) is 8.34. The molecule has 3 heteroatoms. The molecule has 0 heterocycles. The topological polar surface area (TPSA) is 17.1 Å². The molecule has 76 valence electrons. The molecule has 0 unspecified atom stereocenters. The number of hydrogen-bond donors (Lipinski definition) is 0. The van der Waals surface area contributed by atoms with Gasteiger partial charge in [-0.15, -0.1) is 0 Å². The Balaban J connectivity index is 2.83. The summed E-state index contributed by atoms with van der Waals surface area (Å²) >= 11 is 1.51. The predicted molar refractivity (Wildman–Crippen MR) is 58.5 cm³/mol. The molecule has 14 heavy (non-hydrogen) atoms. The number of Topliss-reactive ketones (excluding diaryl/α,β-unsaturated/α-hetero) is 1. The molecule has 0 bridgehead atoms. The fraction of sp³-hybridized carbons (Fsp3) is 0.364. The minimum atomic E-state index is -0.419. The Morgan fingerprint density at radius 3 is 2.86 bits per heavy atom. The summed E-state index contributed by atoms with van der Waals surface area (Å²) in [7, 11) is 0. The molecule has 0 aliphatic rings. The normalized spacial score (nSPS) is 10.2. The van der Waals surface area contributed by atoms with E-state index in [-0.39, 0.29) is 11.3 Å². The third-order valence-corrected chi connectivity index (χ3v) is 2.73. The number of aryl methyl sites for hydroxylation is 1. The van der Waals surface area contributed by atoms with E-state index in [0.717, 1.165) is 11.3 Å². The number of rotatable bonds is 4. The van der Waals surface area contributed by atoms with Gasteiger partial charge in [0.1, 0.15) is 5.82 Å². The molecule has 0 amide bonds. The molecule has 0 saturated carbocycles. The average molecular weight is 212 g/mol. The number of thioether (sulfide) groups is 1. The molecule has 0 fully saturated rings. The van der Waals surface area contributed by atoms with Gasteiger partial charge in [-0.25, -0.2) is 4.39 Å². The van der Waals surface area contributed by atoms with Crippen molar-refractivity contribution >= 4 is 17.5 Å². The van der Waals surface area contributed by atoms with Gasteiger partial charge in [-0.1, -0.05) is 18.6 Å². The highest BCUT2D eigenvalue weighted by Gasteiger charge is 2.10. The Morgan fingerprint density at radius 2 is 2.21 bits per heavy atom. The van der Waals surface area contributed by atoms with E-state index in [0.29, 0.717) is 5.75 Å². The summed E-state index contributed by atoms with van der Waals surface area (Å²) in [5, 5.41) is 0. The fourth-order valence-electron chi connectivity index (χ4n) is 1.13. The number of benzene rings is 1. The van der Waals surface area contributed by atoms with Crippen LogP contribution < -0.4 is 0 Å². The van der Waals surface area contributed by atoms with Crippen LogP contribution in [0.15, 0.2) is 18.2 Å². The van der Waals surface area contributed by atoms with Crippen molar-refractivity contribution in [3.63, 3.8) is 0 Å². The molecule has 1 nitrogen and oxygen atoms in total. The first kappa shape index (κ1) is 11.2. The summed E-state index contributed by atoms with van der Waals surface area (Å²) in [5.74, 6) is 0.686. The second kappa shape index (κ2) is 5.15. The summed E-state index contributed by atoms with van der Waals surface area (Å²) in [6, 6.07) is 4.62. The molecular formula is C11H13FOS. The van der Waals surface area contributed by atoms with Crippen LogP contribution in [0.2, 0.25) is 0 Å². The standard InChI is InChI=1S/C11H13FOS/c1-3-14-7-11(13)9-6-8(2)4-5-10(9)12/h4-6H,3,7H2,1-2H3. The van der Waals surface area contributed by atoms with Gasteiger partial charge in [0.05, 0.1) is 11.3 Å². The van der Waals surface area contributed by atoms with Crippen molar-refractivity contribution in [1.29, 1.82) is 0 Å². The van der Waals surface area contributed by atoms with Crippen molar-refractivity contribution in [2.24, 2.45) is 0 Å². The lowest BCUT2D eigenvalue weighted by atomic mass is 10.1. The van der Waals surface area contributed by atoms with E-state index in [4.69, 9.17) is 0 Å². The van der Waals surface area contributed by atoms with E-state index < -0.39 is 5.82 Å². The van der Waals surface area contributed by atoms with Gasteiger partial charge >= 0.3 is 0 Å². The molecule has 0 radical (unpaired) electrons. The maximum Gasteiger partial charge on any atom is 0.175 e. The number of ketones is 1. The first-order chi connectivity index (χ1) is 6.65. The van der Waals surface area contributed by atoms with Crippen molar-refractivity contribution < 1.29 is 9.18 Å². The molecule has 0 saturated heterocycles. The molecule has 1 aromatic rings. The van der Waals surface area contributed by atoms with Crippen LogP contribution in [0.5, 0.6) is 0 Å². The van der Waals surface area contributed by atoms with Crippen LogP contribution in [0.3, 0.4) is 0 Å². The molecule has 0 atom stereocenters. The summed E-state index contributed by atoms with van der Waals surface area (Å²) in [6.07, 6.45) is 0. The van der Waals surface area contributed by atoms with Gasteiger partial charge in [0.15, 0.2) is 5.78 Å². The first-order valence-electron chi connectivity index (χ1n) is 4.52. The summed E-state index contributed by atoms with van der Waals surface area (Å²) in [6.45, 7) is 3.83. The van der Waals surface area contributed by atoms with E-state index in [9.17, 15) is 9.18 Å². The van der Waals surface area contributed by atoms with Crippen molar-refractivity contribution in [2.45, 2.75) is 13.8 Å². The largest absolute Gasteiger partial charge is 0.293 e. The maximum absolute atomic E-state index is 13.2. The molecule has 0 aliphatic heterocycles. The van der Waals surface area contributed by atoms with Crippen LogP contribution in [-0.2, 0) is 0 Å². The average Bonchev–Trinajstić information content (AvgIpc) is 2.18. The van der Waals surface area contributed by atoms with E-state index in [2.05, 4.69) is 0 Å². The van der Waals surface area contributed by atoms with Crippen molar-refractivity contribution in [1.82, 2.24) is 0 Å². The zero-order chi connectivity index (χ0) is 10.6. The van der Waals surface area contributed by atoms with Gasteiger partial charge < -0.3 is 0 Å². The Morgan fingerprint density at radius 1 is 1.50 bits per heavy atom. The molecule has 1 aromatic carbocycles. The van der Waals surface area contributed by atoms with Crippen LogP contribution in [0, 0.1) is 12.7 Å². The number of hydrogen-bond acceptors (Lipinski definition) is 2. The summed E-state index contributed by atoms with van der Waals surface area (Å²) < 4.78 is 13.2. The van der Waals surface area contributed by atoms with Gasteiger partial charge in [0, 0.05) is 0 Å². The highest BCUT2D eigenvalue weighted by Crippen LogP contribution is 2.13. The third-order valence-electron chi connectivity index (χ3n) is 1.86. The molecule has 1 rings (SSSR count). The lowest BCUT2D eigenvalue weighted by Gasteiger charge is -2.02. The van der Waals surface area contributed by atoms with Crippen LogP contribution in [0.25, 0.3) is 0 Å². The minimum Gasteiger partial charge on any atom is -0.293 e. The van der Waals surface area contributed by atoms with Gasteiger partial charge in [-0.3, -0.25) is 4.79 Å². The third kappa shape index (κ3) is 2.84. The second-order valence-corrected chi connectivity index (χ2v) is 4.32. The van der Waals surface area contributed by atoms with Crippen LogP contribution >= 0.6 is 11.8 Å². The number of carbonyl (C=O) groups excluding carboxylic acids is 1. The monoisotopic (exact) mass is 212 g/mol. The van der Waals surface area contributed by atoms with Crippen LogP contribution in [-0.4, -0.2) is 17.3 Å². The summed E-state index contributed by atoms with van der Waals surface area (Å²) in [4.78, 5) is 11.5. The Labute approximate surface area is 87.7 Å². The van der Waals surface area contributed by atoms with Crippen molar-refractivity contribution in [2.75, 3.05) is 11.5 Å². The maximum atomic E-state index is 13.2. The van der Waals surface area contributed by atoms with Crippen molar-refractivity contribution in [3.05, 3.63) is 35.1 Å². The molecule has 0 aliphatic carbocycles. The molecule has 0 spiro atoms. The zero-order valence-corrected chi connectivity index (χ0v) is 9.16. The van der Waals surface area contributed by atoms with E-state index in [1.807, 2.05) is 13.8 Å². The smallest absolute Gasteiger partial charge is 0.175 e. The highest BCUT2D eigenvalue weighted by molar-refractivity contribution is 7.99. The van der Waals surface area contributed by atoms with E-state index >= 15 is 0 Å². The molecule has 0 aromatic heterocycles. The lowest BCUT2D eigenvalue weighted by Crippen LogP contribution is -2.05.